The van der Waals surface area contributed by atoms with E-state index in [1.54, 1.807) is 34.8 Å². The Balaban J connectivity index is 1.46. The minimum atomic E-state index is -3.70. The second kappa shape index (κ2) is 8.39. The third-order valence-electron chi connectivity index (χ3n) is 4.53. The molecule has 0 unspecified atom stereocenters. The zero-order valence-corrected chi connectivity index (χ0v) is 17.1. The second-order valence-corrected chi connectivity index (χ2v) is 9.51. The zero-order chi connectivity index (χ0) is 20.3. The Hall–Kier alpha value is -2.63. The molecule has 11 heteroatoms. The molecule has 1 amide bonds. The van der Waals surface area contributed by atoms with Gasteiger partial charge < -0.3 is 9.32 Å². The van der Waals surface area contributed by atoms with Gasteiger partial charge in [0.05, 0.1) is 5.56 Å². The van der Waals surface area contributed by atoms with Gasteiger partial charge in [-0.2, -0.15) is 0 Å². The van der Waals surface area contributed by atoms with Crippen molar-refractivity contribution >= 4 is 27.3 Å². The Morgan fingerprint density at radius 2 is 2.07 bits per heavy atom. The van der Waals surface area contributed by atoms with Gasteiger partial charge in [-0.05, 0) is 37.0 Å². The van der Waals surface area contributed by atoms with Crippen LogP contribution >= 0.6 is 11.3 Å². The molecule has 4 heterocycles. The van der Waals surface area contributed by atoms with Crippen molar-refractivity contribution in [2.45, 2.75) is 30.0 Å². The molecule has 3 aromatic heterocycles. The van der Waals surface area contributed by atoms with Crippen LogP contribution in [0.2, 0.25) is 0 Å². The summed E-state index contributed by atoms with van der Waals surface area (Å²) in [5.74, 6) is -0.243. The fourth-order valence-electron chi connectivity index (χ4n) is 2.98. The molecule has 29 heavy (non-hydrogen) atoms. The topological polar surface area (TPSA) is 118 Å². The summed E-state index contributed by atoms with van der Waals surface area (Å²) in [6.07, 6.45) is 6.26. The van der Waals surface area contributed by atoms with E-state index in [-0.39, 0.29) is 28.4 Å². The fraction of sp³-hybridized carbons (Fsp3) is 0.333. The molecule has 0 radical (unpaired) electrons. The van der Waals surface area contributed by atoms with Crippen molar-refractivity contribution in [3.8, 4) is 11.5 Å². The van der Waals surface area contributed by atoms with Crippen LogP contribution in [0.15, 0.2) is 44.6 Å². The number of carbonyl (C=O) groups is 1. The van der Waals surface area contributed by atoms with Crippen LogP contribution in [0.5, 0.6) is 0 Å². The summed E-state index contributed by atoms with van der Waals surface area (Å²) in [7, 11) is -3.70. The highest BCUT2D eigenvalue weighted by Crippen LogP contribution is 2.28. The van der Waals surface area contributed by atoms with Crippen LogP contribution in [-0.2, 0) is 16.6 Å². The maximum Gasteiger partial charge on any atom is 0.311 e. The minimum Gasteiger partial charge on any atom is -0.412 e. The van der Waals surface area contributed by atoms with Gasteiger partial charge in [0.25, 0.3) is 0 Å². The Kier molecular flexibility index (Phi) is 5.69. The molecule has 0 aromatic carbocycles. The van der Waals surface area contributed by atoms with Crippen LogP contribution in [0.4, 0.5) is 0 Å². The molecule has 152 valence electrons. The van der Waals surface area contributed by atoms with E-state index in [1.807, 2.05) is 0 Å². The Bertz CT molecular complexity index is 1090. The first-order chi connectivity index (χ1) is 14.0. The zero-order valence-electron chi connectivity index (χ0n) is 15.4. The number of amides is 1. The average Bonchev–Trinajstić information content (AvgIpc) is 3.43. The molecule has 3 aromatic rings. The van der Waals surface area contributed by atoms with Gasteiger partial charge in [-0.1, -0.05) is 6.07 Å². The molecule has 1 saturated heterocycles. The first-order valence-electron chi connectivity index (χ1n) is 9.13. The van der Waals surface area contributed by atoms with Crippen molar-refractivity contribution < 1.29 is 17.6 Å². The molecular formula is C18H19N5O4S2. The minimum absolute atomic E-state index is 0.0767. The largest absolute Gasteiger partial charge is 0.412 e. The Labute approximate surface area is 171 Å². The van der Waals surface area contributed by atoms with Gasteiger partial charge in [0.1, 0.15) is 4.21 Å². The summed E-state index contributed by atoms with van der Waals surface area (Å²) >= 11 is 1.04. The number of hydrogen-bond donors (Lipinski definition) is 1. The van der Waals surface area contributed by atoms with E-state index in [4.69, 9.17) is 4.42 Å². The quantitative estimate of drug-likeness (QED) is 0.633. The first kappa shape index (κ1) is 19.7. The Morgan fingerprint density at radius 3 is 2.83 bits per heavy atom. The van der Waals surface area contributed by atoms with E-state index < -0.39 is 10.0 Å². The van der Waals surface area contributed by atoms with Crippen molar-refractivity contribution in [2.75, 3.05) is 13.1 Å². The number of thiophene rings is 1. The Morgan fingerprint density at radius 1 is 1.24 bits per heavy atom. The summed E-state index contributed by atoms with van der Waals surface area (Å²) in [5.41, 5.74) is 1.22. The molecule has 9 nitrogen and oxygen atoms in total. The third-order valence-corrected chi connectivity index (χ3v) is 7.37. The summed E-state index contributed by atoms with van der Waals surface area (Å²) in [6, 6.07) is 4.98. The van der Waals surface area contributed by atoms with E-state index in [2.05, 4.69) is 19.9 Å². The number of piperidine rings is 1. The van der Waals surface area contributed by atoms with Crippen LogP contribution in [0.3, 0.4) is 0 Å². The summed E-state index contributed by atoms with van der Waals surface area (Å²) < 4.78 is 33.2. The summed E-state index contributed by atoms with van der Waals surface area (Å²) in [6.45, 7) is 1.50. The first-order valence-corrected chi connectivity index (χ1v) is 11.5. The number of carbonyl (C=O) groups excluding carboxylic acids is 1. The van der Waals surface area contributed by atoms with Gasteiger partial charge in [-0.3, -0.25) is 9.78 Å². The van der Waals surface area contributed by atoms with Crippen LogP contribution < -0.4 is 4.72 Å². The lowest BCUT2D eigenvalue weighted by Crippen LogP contribution is -2.35. The van der Waals surface area contributed by atoms with Crippen molar-refractivity contribution in [3.05, 3.63) is 47.4 Å². The third kappa shape index (κ3) is 4.52. The second-order valence-electron chi connectivity index (χ2n) is 6.61. The monoisotopic (exact) mass is 433 g/mol. The summed E-state index contributed by atoms with van der Waals surface area (Å²) in [5, 5.41) is 9.36. The van der Waals surface area contributed by atoms with Gasteiger partial charge in [0.2, 0.25) is 15.9 Å². The molecule has 0 atom stereocenters. The lowest BCUT2D eigenvalue weighted by molar-refractivity contribution is 0.0684. The summed E-state index contributed by atoms with van der Waals surface area (Å²) in [4.78, 5) is 18.1. The van der Waals surface area contributed by atoms with Crippen LogP contribution in [0.25, 0.3) is 11.5 Å². The highest BCUT2D eigenvalue weighted by Gasteiger charge is 2.25. The number of pyridine rings is 1. The predicted octanol–water partition coefficient (Wildman–Crippen LogP) is 2.30. The van der Waals surface area contributed by atoms with E-state index in [1.165, 1.54) is 6.07 Å². The highest BCUT2D eigenvalue weighted by atomic mass is 32.2. The van der Waals surface area contributed by atoms with Gasteiger partial charge in [-0.25, -0.2) is 13.1 Å². The van der Waals surface area contributed by atoms with Crippen LogP contribution in [0, 0.1) is 0 Å². The van der Waals surface area contributed by atoms with E-state index >= 15 is 0 Å². The number of nitrogens with one attached hydrogen (secondary N) is 1. The molecule has 0 aliphatic carbocycles. The van der Waals surface area contributed by atoms with Crippen molar-refractivity contribution in [1.82, 2.24) is 24.8 Å². The fourth-order valence-corrected chi connectivity index (χ4v) is 5.20. The van der Waals surface area contributed by atoms with E-state index in [0.717, 1.165) is 36.2 Å². The van der Waals surface area contributed by atoms with E-state index in [9.17, 15) is 13.2 Å². The van der Waals surface area contributed by atoms with Crippen LogP contribution in [-0.4, -0.2) is 47.5 Å². The lowest BCUT2D eigenvalue weighted by atomic mass is 10.1. The molecule has 1 fully saturated rings. The number of likely N-dealkylation sites (tertiary alicyclic amines) is 1. The maximum absolute atomic E-state index is 12.5. The molecule has 0 spiro atoms. The SMILES string of the molecule is O=C(c1nnc(-c2csc(S(=O)(=O)NCc3cccnc3)c2)o1)N1CCCCC1. The van der Waals surface area contributed by atoms with Gasteiger partial charge >= 0.3 is 11.8 Å². The van der Waals surface area contributed by atoms with Crippen molar-refractivity contribution in [2.24, 2.45) is 0 Å². The molecular weight excluding hydrogens is 414 g/mol. The van der Waals surface area contributed by atoms with Crippen LogP contribution in [0.1, 0.15) is 35.5 Å². The predicted molar refractivity (Wildman–Crippen MR) is 106 cm³/mol. The standard InChI is InChI=1S/C18H19N5O4S2/c24-18(23-7-2-1-3-8-23)17-22-21-16(27-17)14-9-15(28-12-14)29(25,26)20-11-13-5-4-6-19-10-13/h4-6,9-10,12,20H,1-3,7-8,11H2. The van der Waals surface area contributed by atoms with Gasteiger partial charge in [0, 0.05) is 37.4 Å². The van der Waals surface area contributed by atoms with Gasteiger partial charge in [-0.15, -0.1) is 21.5 Å². The average molecular weight is 434 g/mol. The molecule has 1 aliphatic rings. The number of rotatable bonds is 6. The highest BCUT2D eigenvalue weighted by molar-refractivity contribution is 7.91. The molecule has 0 bridgehead atoms. The van der Waals surface area contributed by atoms with E-state index in [0.29, 0.717) is 18.7 Å². The maximum atomic E-state index is 12.5. The number of nitrogens with zero attached hydrogens (tertiary/aromatic N) is 4. The molecule has 0 saturated carbocycles. The van der Waals surface area contributed by atoms with Gasteiger partial charge in [0.15, 0.2) is 0 Å². The number of sulfonamides is 1. The molecule has 1 aliphatic heterocycles. The lowest BCUT2D eigenvalue weighted by Gasteiger charge is -2.24. The molecule has 4 rings (SSSR count). The number of aromatic nitrogens is 3. The van der Waals surface area contributed by atoms with Crippen molar-refractivity contribution in [3.63, 3.8) is 0 Å². The normalized spacial score (nSPS) is 14.8. The molecule has 1 N–H and O–H groups in total. The van der Waals surface area contributed by atoms with Crippen molar-refractivity contribution in [1.29, 1.82) is 0 Å². The number of hydrogen-bond acceptors (Lipinski definition) is 8. The smallest absolute Gasteiger partial charge is 0.311 e.